The van der Waals surface area contributed by atoms with Gasteiger partial charge in [-0.3, -0.25) is 9.69 Å². The predicted molar refractivity (Wildman–Crippen MR) is 124 cm³/mol. The number of carbonyl (C=O) groups excluding carboxylic acids is 1. The summed E-state index contributed by atoms with van der Waals surface area (Å²) in [5.41, 5.74) is 4.30. The predicted octanol–water partition coefficient (Wildman–Crippen LogP) is 4.08. The zero-order valence-electron chi connectivity index (χ0n) is 17.3. The van der Waals surface area contributed by atoms with E-state index in [-0.39, 0.29) is 24.0 Å². The Morgan fingerprint density at radius 2 is 1.71 bits per heavy atom. The number of allylic oxidation sites excluding steroid dienone is 1. The van der Waals surface area contributed by atoms with Crippen LogP contribution in [0.4, 0.5) is 0 Å². The van der Waals surface area contributed by atoms with Crippen molar-refractivity contribution in [2.45, 2.75) is 6.54 Å². The van der Waals surface area contributed by atoms with Gasteiger partial charge in [0.2, 0.25) is 5.78 Å². The molecule has 0 saturated heterocycles. The lowest BCUT2D eigenvalue weighted by Crippen LogP contribution is -2.29. The van der Waals surface area contributed by atoms with Gasteiger partial charge in [-0.2, -0.15) is 0 Å². The second-order valence-corrected chi connectivity index (χ2v) is 7.88. The fourth-order valence-electron chi connectivity index (χ4n) is 4.27. The average Bonchev–Trinajstić information content (AvgIpc) is 2.78. The second-order valence-electron chi connectivity index (χ2n) is 7.48. The van der Waals surface area contributed by atoms with Gasteiger partial charge in [0.25, 0.3) is 0 Å². The lowest BCUT2D eigenvalue weighted by molar-refractivity contribution is 0.104. The van der Waals surface area contributed by atoms with Gasteiger partial charge in [0, 0.05) is 36.0 Å². The van der Waals surface area contributed by atoms with E-state index >= 15 is 0 Å². The average molecular weight is 438 g/mol. The van der Waals surface area contributed by atoms with Crippen LogP contribution in [0.25, 0.3) is 28.0 Å². The van der Waals surface area contributed by atoms with Gasteiger partial charge >= 0.3 is 0 Å². The number of ketones is 1. The Bertz CT molecular complexity index is 1150. The zero-order valence-corrected chi connectivity index (χ0v) is 18.0. The maximum atomic E-state index is 13.0. The highest BCUT2D eigenvalue weighted by Crippen LogP contribution is 2.44. The number of ether oxygens (including phenoxy) is 1. The number of hydrogen-bond acceptors (Lipinski definition) is 5. The number of methoxy groups -OCH3 is 1. The Balaban J connectivity index is 2.07. The van der Waals surface area contributed by atoms with Gasteiger partial charge in [-0.25, -0.2) is 0 Å². The number of halogens is 1. The smallest absolute Gasteiger partial charge is 0.205 e. The van der Waals surface area contributed by atoms with Gasteiger partial charge in [-0.05, 0) is 40.5 Å². The molecule has 0 saturated carbocycles. The van der Waals surface area contributed by atoms with Crippen molar-refractivity contribution in [1.29, 1.82) is 0 Å². The number of Topliss-reactive ketones (excluding diaryl/α,β-unsaturated/α-hetero) is 1. The minimum absolute atomic E-state index is 0.0257. The maximum absolute atomic E-state index is 13.0. The summed E-state index contributed by atoms with van der Waals surface area (Å²) in [5.74, 6) is 0.458. The van der Waals surface area contributed by atoms with Crippen LogP contribution in [0.3, 0.4) is 0 Å². The highest BCUT2D eigenvalue weighted by molar-refractivity contribution is 6.49. The van der Waals surface area contributed by atoms with E-state index in [9.17, 15) is 15.0 Å². The van der Waals surface area contributed by atoms with E-state index in [4.69, 9.17) is 16.3 Å². The molecule has 2 N–H and O–H groups in total. The molecule has 0 aliphatic heterocycles. The molecule has 3 aromatic carbocycles. The molecule has 0 bridgehead atoms. The van der Waals surface area contributed by atoms with Gasteiger partial charge in [0.15, 0.2) is 0 Å². The van der Waals surface area contributed by atoms with Crippen molar-refractivity contribution < 1.29 is 19.7 Å². The first-order valence-electron chi connectivity index (χ1n) is 10.2. The van der Waals surface area contributed by atoms with Crippen LogP contribution in [0.1, 0.15) is 21.5 Å². The Morgan fingerprint density at radius 1 is 1.00 bits per heavy atom. The molecule has 3 aromatic rings. The van der Waals surface area contributed by atoms with Crippen molar-refractivity contribution in [2.24, 2.45) is 0 Å². The molecule has 5 nitrogen and oxygen atoms in total. The van der Waals surface area contributed by atoms with E-state index in [2.05, 4.69) is 0 Å². The van der Waals surface area contributed by atoms with E-state index in [0.717, 1.165) is 33.0 Å². The highest BCUT2D eigenvalue weighted by atomic mass is 35.5. The van der Waals surface area contributed by atoms with Crippen LogP contribution >= 0.6 is 11.6 Å². The van der Waals surface area contributed by atoms with Crippen molar-refractivity contribution in [3.8, 4) is 16.9 Å². The molecule has 0 fully saturated rings. The maximum Gasteiger partial charge on any atom is 0.205 e. The van der Waals surface area contributed by atoms with Gasteiger partial charge in [0.1, 0.15) is 5.75 Å². The fourth-order valence-corrected chi connectivity index (χ4v) is 4.49. The summed E-state index contributed by atoms with van der Waals surface area (Å²) < 4.78 is 5.73. The van der Waals surface area contributed by atoms with E-state index in [0.29, 0.717) is 30.9 Å². The Morgan fingerprint density at radius 3 is 2.35 bits per heavy atom. The van der Waals surface area contributed by atoms with E-state index in [1.807, 2.05) is 53.4 Å². The summed E-state index contributed by atoms with van der Waals surface area (Å²) in [6, 6.07) is 15.7. The third-order valence-corrected chi connectivity index (χ3v) is 5.89. The molecule has 6 heteroatoms. The molecule has 1 aliphatic rings. The van der Waals surface area contributed by atoms with Gasteiger partial charge in [0.05, 0.1) is 25.4 Å². The van der Waals surface area contributed by atoms with Crippen molar-refractivity contribution in [3.63, 3.8) is 0 Å². The number of aliphatic hydroxyl groups excluding tert-OH is 2. The molecule has 0 atom stereocenters. The SMILES string of the molecule is COc1ccc2c3c(cc(CN(CCO)CCO)c(-c4ccccc4)c13)C(=O)C(Cl)=C2. The first-order valence-corrected chi connectivity index (χ1v) is 10.5. The van der Waals surface area contributed by atoms with Gasteiger partial charge in [-0.1, -0.05) is 48.0 Å². The van der Waals surface area contributed by atoms with Gasteiger partial charge in [-0.15, -0.1) is 0 Å². The molecular formula is C25H24ClNO4. The molecule has 31 heavy (non-hydrogen) atoms. The van der Waals surface area contributed by atoms with E-state index in [1.54, 1.807) is 13.2 Å². The lowest BCUT2D eigenvalue weighted by Gasteiger charge is -2.26. The number of aliphatic hydroxyl groups is 2. The third kappa shape index (κ3) is 3.98. The summed E-state index contributed by atoms with van der Waals surface area (Å²) in [6.07, 6.45) is 1.71. The number of benzene rings is 3. The molecule has 4 rings (SSSR count). The molecule has 0 heterocycles. The number of carbonyl (C=O) groups is 1. The quantitative estimate of drug-likeness (QED) is 0.555. The van der Waals surface area contributed by atoms with E-state index < -0.39 is 0 Å². The van der Waals surface area contributed by atoms with E-state index in [1.165, 1.54) is 0 Å². The standard InChI is InChI=1S/C25H24ClNO4/c1-31-21-8-7-17-14-20(26)25(30)19-13-18(15-27(9-11-28)10-12-29)22(24(21)23(17)19)16-5-3-2-4-6-16/h2-8,13-14,28-29H,9-12,15H2,1H3. The molecule has 0 radical (unpaired) electrons. The Kier molecular flexibility index (Phi) is 6.39. The van der Waals surface area contributed by atoms with Crippen LogP contribution in [0, 0.1) is 0 Å². The number of nitrogens with zero attached hydrogens (tertiary/aromatic N) is 1. The summed E-state index contributed by atoms with van der Waals surface area (Å²) in [7, 11) is 1.62. The Labute approximate surface area is 186 Å². The normalized spacial score (nSPS) is 13.1. The summed E-state index contributed by atoms with van der Waals surface area (Å²) in [4.78, 5) is 15.0. The lowest BCUT2D eigenvalue weighted by atomic mass is 9.84. The molecule has 1 aliphatic carbocycles. The largest absolute Gasteiger partial charge is 0.496 e. The van der Waals surface area contributed by atoms with Crippen LogP contribution in [-0.4, -0.2) is 54.3 Å². The van der Waals surface area contributed by atoms with Crippen LogP contribution < -0.4 is 4.74 Å². The monoisotopic (exact) mass is 437 g/mol. The topological polar surface area (TPSA) is 70.0 Å². The van der Waals surface area contributed by atoms with Crippen molar-refractivity contribution >= 4 is 34.2 Å². The van der Waals surface area contributed by atoms with Crippen LogP contribution in [0.15, 0.2) is 53.6 Å². The summed E-state index contributed by atoms with van der Waals surface area (Å²) in [6.45, 7) is 1.22. The third-order valence-electron chi connectivity index (χ3n) is 5.61. The first-order chi connectivity index (χ1) is 15.1. The highest BCUT2D eigenvalue weighted by Gasteiger charge is 2.27. The molecular weight excluding hydrogens is 414 g/mol. The fraction of sp³-hybridized carbons (Fsp3) is 0.240. The zero-order chi connectivity index (χ0) is 22.0. The van der Waals surface area contributed by atoms with Crippen LogP contribution in [-0.2, 0) is 6.54 Å². The van der Waals surface area contributed by atoms with Gasteiger partial charge < -0.3 is 14.9 Å². The Hall–Kier alpha value is -2.70. The van der Waals surface area contributed by atoms with Crippen LogP contribution in [0.2, 0.25) is 0 Å². The molecule has 0 amide bonds. The number of rotatable bonds is 8. The van der Waals surface area contributed by atoms with Crippen molar-refractivity contribution in [2.75, 3.05) is 33.4 Å². The molecule has 0 aromatic heterocycles. The number of hydrogen-bond donors (Lipinski definition) is 2. The van der Waals surface area contributed by atoms with Crippen molar-refractivity contribution in [1.82, 2.24) is 4.90 Å². The first kappa shape index (κ1) is 21.5. The summed E-state index contributed by atoms with van der Waals surface area (Å²) >= 11 is 6.27. The van der Waals surface area contributed by atoms with Crippen LogP contribution in [0.5, 0.6) is 5.75 Å². The minimum atomic E-state index is -0.218. The minimum Gasteiger partial charge on any atom is -0.496 e. The molecule has 0 spiro atoms. The summed E-state index contributed by atoms with van der Waals surface area (Å²) in [5, 5.41) is 20.8. The van der Waals surface area contributed by atoms with Crippen molar-refractivity contribution in [3.05, 3.63) is 70.3 Å². The molecule has 0 unspecified atom stereocenters. The molecule has 160 valence electrons. The second kappa shape index (κ2) is 9.20.